The number of amides is 1. The Labute approximate surface area is 211 Å². The van der Waals surface area contributed by atoms with Gasteiger partial charge in [0.05, 0.1) is 0 Å². The number of fused-ring (bicyclic) bond motifs is 3. The van der Waals surface area contributed by atoms with Crippen molar-refractivity contribution in [2.75, 3.05) is 0 Å². The Kier molecular flexibility index (Phi) is 13.0. The molecule has 4 aromatic carbocycles. The Morgan fingerprint density at radius 2 is 1.25 bits per heavy atom. The fourth-order valence-electron chi connectivity index (χ4n) is 3.29. The molecule has 1 N–H and O–H groups in total. The SMILES string of the molecule is [Cl][Zr+2][Cl].[NH-]C=O.[c-]1cccc2c1Cc1ccccc1-2.c1ccc([SiH]c2ccccc2)cc1. The number of carbonyl (C=O) groups excluding carboxylic acids is 1. The van der Waals surface area contributed by atoms with Gasteiger partial charge in [0.1, 0.15) is 9.52 Å². The molecule has 2 nitrogen and oxygen atoms in total. The van der Waals surface area contributed by atoms with Crippen molar-refractivity contribution in [2.45, 2.75) is 6.42 Å². The first-order valence-corrected chi connectivity index (χ1v) is 17.3. The van der Waals surface area contributed by atoms with Crippen molar-refractivity contribution in [1.82, 2.24) is 0 Å². The Morgan fingerprint density at radius 1 is 0.781 bits per heavy atom. The monoisotopic (exact) mass is 552 g/mol. The molecule has 32 heavy (non-hydrogen) atoms. The van der Waals surface area contributed by atoms with Gasteiger partial charge in [-0.05, 0) is 6.42 Å². The second-order valence-corrected chi connectivity index (χ2v) is 11.9. The van der Waals surface area contributed by atoms with Gasteiger partial charge < -0.3 is 10.5 Å². The zero-order valence-corrected chi connectivity index (χ0v) is 22.5. The van der Waals surface area contributed by atoms with Gasteiger partial charge >= 0.3 is 37.9 Å². The van der Waals surface area contributed by atoms with Crippen LogP contribution in [0.1, 0.15) is 11.1 Å². The maximum atomic E-state index is 8.47. The normalized spacial score (nSPS) is 9.69. The zero-order chi connectivity index (χ0) is 23.0. The molecule has 1 aliphatic rings. The van der Waals surface area contributed by atoms with Crippen LogP contribution < -0.4 is 10.4 Å². The Morgan fingerprint density at radius 3 is 1.81 bits per heavy atom. The van der Waals surface area contributed by atoms with Crippen molar-refractivity contribution in [1.29, 1.82) is 0 Å². The van der Waals surface area contributed by atoms with Crippen LogP contribution in [0, 0.1) is 6.07 Å². The molecule has 0 aromatic heterocycles. The first-order chi connectivity index (χ1) is 15.7. The maximum Gasteiger partial charge on any atom is 0.103 e. The van der Waals surface area contributed by atoms with Crippen LogP contribution in [-0.4, -0.2) is 15.9 Å². The van der Waals surface area contributed by atoms with Crippen LogP contribution in [0.15, 0.2) is 103 Å². The molecule has 0 saturated heterocycles. The molecule has 0 unspecified atom stereocenters. The second kappa shape index (κ2) is 15.8. The molecule has 0 bridgehead atoms. The second-order valence-electron chi connectivity index (χ2n) is 6.55. The van der Waals surface area contributed by atoms with E-state index < -0.39 is 20.8 Å². The van der Waals surface area contributed by atoms with E-state index in [0.717, 1.165) is 6.42 Å². The fraction of sp³-hybridized carbons (Fsp3) is 0.0385. The molecule has 0 aliphatic heterocycles. The molecule has 0 spiro atoms. The third-order valence-electron chi connectivity index (χ3n) is 4.55. The minimum absolute atomic E-state index is 0. The summed E-state index contributed by atoms with van der Waals surface area (Å²) in [7, 11) is 10.1. The maximum absolute atomic E-state index is 8.47. The third-order valence-corrected chi connectivity index (χ3v) is 5.99. The summed E-state index contributed by atoms with van der Waals surface area (Å²) in [5.74, 6) is 0. The van der Waals surface area contributed by atoms with Crippen LogP contribution in [0.3, 0.4) is 0 Å². The van der Waals surface area contributed by atoms with E-state index >= 15 is 0 Å². The molecule has 1 aliphatic carbocycles. The molecule has 5 rings (SSSR count). The summed E-state index contributed by atoms with van der Waals surface area (Å²) in [6.45, 7) is 0. The molecule has 1 radical (unpaired) electrons. The molecule has 0 fully saturated rings. The van der Waals surface area contributed by atoms with Crippen molar-refractivity contribution in [2.24, 2.45) is 0 Å². The largest absolute Gasteiger partial charge is 0.671 e. The Hall–Kier alpha value is -1.97. The summed E-state index contributed by atoms with van der Waals surface area (Å²) in [4.78, 5) is 8.47. The summed E-state index contributed by atoms with van der Waals surface area (Å²) in [6.07, 6.45) is 1.05. The first-order valence-electron chi connectivity index (χ1n) is 9.83. The molecule has 0 atom stereocenters. The van der Waals surface area contributed by atoms with Gasteiger partial charge in [-0.15, -0.1) is 5.56 Å². The van der Waals surface area contributed by atoms with Gasteiger partial charge in [-0.2, -0.15) is 29.8 Å². The van der Waals surface area contributed by atoms with E-state index in [0.29, 0.717) is 0 Å². The van der Waals surface area contributed by atoms with Gasteiger partial charge in [0.25, 0.3) is 0 Å². The van der Waals surface area contributed by atoms with Gasteiger partial charge in [-0.1, -0.05) is 106 Å². The number of halogens is 2. The minimum Gasteiger partial charge on any atom is -0.671 e. The molecule has 1 amide bonds. The van der Waals surface area contributed by atoms with E-state index in [1.165, 1.54) is 32.6 Å². The molecule has 159 valence electrons. The van der Waals surface area contributed by atoms with Crippen LogP contribution in [0.2, 0.25) is 0 Å². The number of carbonyl (C=O) groups is 1. The summed E-state index contributed by atoms with van der Waals surface area (Å²) < 4.78 is 0. The van der Waals surface area contributed by atoms with Gasteiger partial charge in [0, 0.05) is 6.41 Å². The Bertz CT molecular complexity index is 984. The van der Waals surface area contributed by atoms with Gasteiger partial charge in [0.15, 0.2) is 0 Å². The van der Waals surface area contributed by atoms with E-state index in [1.54, 1.807) is 0 Å². The summed E-state index contributed by atoms with van der Waals surface area (Å²) in [5.41, 5.74) is 11.0. The average Bonchev–Trinajstić information content (AvgIpc) is 3.21. The van der Waals surface area contributed by atoms with Gasteiger partial charge in [0.2, 0.25) is 0 Å². The predicted octanol–water partition coefficient (Wildman–Crippen LogP) is 5.70. The quantitative estimate of drug-likeness (QED) is 0.157. The van der Waals surface area contributed by atoms with E-state index in [1.807, 2.05) is 6.07 Å². The molecule has 0 heterocycles. The third kappa shape index (κ3) is 8.88. The molecular formula is C26H22Cl2NOSiZr. The number of rotatable bonds is 2. The molecule has 4 aromatic rings. The van der Waals surface area contributed by atoms with Crippen molar-refractivity contribution < 1.29 is 25.6 Å². The first kappa shape index (κ1) is 26.3. The van der Waals surface area contributed by atoms with Gasteiger partial charge in [-0.3, -0.25) is 0 Å². The van der Waals surface area contributed by atoms with E-state index in [-0.39, 0.29) is 15.9 Å². The number of hydrogen-bond acceptors (Lipinski definition) is 1. The van der Waals surface area contributed by atoms with E-state index in [4.69, 9.17) is 27.6 Å². The van der Waals surface area contributed by atoms with Crippen LogP contribution in [-0.2, 0) is 32.1 Å². The molecule has 0 saturated carbocycles. The zero-order valence-electron chi connectivity index (χ0n) is 17.3. The summed E-state index contributed by atoms with van der Waals surface area (Å²) in [5, 5.41) is 2.90. The molecular weight excluding hydrogens is 533 g/mol. The van der Waals surface area contributed by atoms with Crippen LogP contribution >= 0.6 is 17.0 Å². The number of benzene rings is 4. The standard InChI is InChI=1S/C13H9.C12H11Si.CH3NO.2ClH.Zr/c1-3-7-12-10(5-1)9-11-6-2-4-8-13(11)12;1-3-7-11(8-4-1)13-12-9-5-2-6-10-12;2-1-3;;;/h1-5,7-8H,9H2;1-10,13H;1H,(H2,2,3);2*1H;/q-1;;;;;+4/p-3. The topological polar surface area (TPSA) is 40.9 Å². The average molecular weight is 555 g/mol. The van der Waals surface area contributed by atoms with Crippen molar-refractivity contribution in [3.05, 3.63) is 126 Å². The number of nitrogens with one attached hydrogen (secondary N) is 1. The number of hydrogen-bond donors (Lipinski definition) is 0. The van der Waals surface area contributed by atoms with E-state index in [9.17, 15) is 0 Å². The van der Waals surface area contributed by atoms with Crippen molar-refractivity contribution >= 4 is 43.3 Å². The summed E-state index contributed by atoms with van der Waals surface area (Å²) >= 11 is -0.826. The minimum atomic E-state index is -0.826. The summed E-state index contributed by atoms with van der Waals surface area (Å²) in [6, 6.07) is 39.4. The smallest absolute Gasteiger partial charge is 0.103 e. The van der Waals surface area contributed by atoms with Crippen LogP contribution in [0.5, 0.6) is 0 Å². The predicted molar refractivity (Wildman–Crippen MR) is 135 cm³/mol. The van der Waals surface area contributed by atoms with Crippen molar-refractivity contribution in [3.63, 3.8) is 0 Å². The van der Waals surface area contributed by atoms with E-state index in [2.05, 4.69) is 103 Å². The molecule has 6 heteroatoms. The van der Waals surface area contributed by atoms with Gasteiger partial charge in [-0.25, -0.2) is 0 Å². The fourth-order valence-corrected chi connectivity index (χ4v) is 4.50. The van der Waals surface area contributed by atoms with Crippen molar-refractivity contribution in [3.8, 4) is 11.1 Å². The Balaban J connectivity index is 0.000000183. The van der Waals surface area contributed by atoms with Crippen LogP contribution in [0.25, 0.3) is 16.9 Å². The van der Waals surface area contributed by atoms with Crippen LogP contribution in [0.4, 0.5) is 0 Å².